The highest BCUT2D eigenvalue weighted by Gasteiger charge is 1.88. The number of aryl methyl sites for hydroxylation is 1. The lowest BCUT2D eigenvalue weighted by molar-refractivity contribution is 0.947. The first-order chi connectivity index (χ1) is 4.33. The minimum atomic E-state index is 0.489. The van der Waals surface area contributed by atoms with Crippen molar-refractivity contribution in [3.05, 3.63) is 23.8 Å². The van der Waals surface area contributed by atoms with Crippen molar-refractivity contribution >= 4 is 0 Å². The molecule has 0 unspecified atom stereocenters. The minimum Gasteiger partial charge on any atom is -0.325 e. The van der Waals surface area contributed by atoms with Gasteiger partial charge in [-0.05, 0) is 13.0 Å². The fourth-order valence-electron chi connectivity index (χ4n) is 0.621. The second kappa shape index (κ2) is 2.55. The summed E-state index contributed by atoms with van der Waals surface area (Å²) in [5.74, 6) is 0. The SMILES string of the molecule is Cc1cc(CN)ncn1. The van der Waals surface area contributed by atoms with Gasteiger partial charge in [-0.15, -0.1) is 0 Å². The van der Waals surface area contributed by atoms with Crippen LogP contribution in [0.15, 0.2) is 12.4 Å². The lowest BCUT2D eigenvalue weighted by Crippen LogP contribution is -2.00. The van der Waals surface area contributed by atoms with E-state index in [0.29, 0.717) is 6.54 Å². The van der Waals surface area contributed by atoms with Gasteiger partial charge in [-0.25, -0.2) is 9.97 Å². The van der Waals surface area contributed by atoms with Crippen molar-refractivity contribution in [2.24, 2.45) is 5.73 Å². The first-order valence-corrected chi connectivity index (χ1v) is 2.80. The molecule has 0 radical (unpaired) electrons. The monoisotopic (exact) mass is 123 g/mol. The highest BCUT2D eigenvalue weighted by Crippen LogP contribution is 1.93. The third-order valence-electron chi connectivity index (χ3n) is 1.07. The molecule has 1 heterocycles. The Labute approximate surface area is 53.9 Å². The summed E-state index contributed by atoms with van der Waals surface area (Å²) in [5.41, 5.74) is 7.18. The topological polar surface area (TPSA) is 51.8 Å². The molecule has 3 heteroatoms. The summed E-state index contributed by atoms with van der Waals surface area (Å²) in [5, 5.41) is 0. The predicted octanol–water partition coefficient (Wildman–Crippen LogP) is 0.244. The highest BCUT2D eigenvalue weighted by atomic mass is 14.8. The van der Waals surface area contributed by atoms with Crippen LogP contribution in [-0.4, -0.2) is 9.97 Å². The largest absolute Gasteiger partial charge is 0.325 e. The van der Waals surface area contributed by atoms with E-state index in [2.05, 4.69) is 9.97 Å². The molecular formula is C6H9N3. The van der Waals surface area contributed by atoms with E-state index in [1.54, 1.807) is 0 Å². The molecule has 0 saturated heterocycles. The van der Waals surface area contributed by atoms with E-state index in [1.807, 2.05) is 13.0 Å². The van der Waals surface area contributed by atoms with E-state index in [1.165, 1.54) is 6.33 Å². The average molecular weight is 123 g/mol. The molecule has 0 aromatic carbocycles. The summed E-state index contributed by atoms with van der Waals surface area (Å²) >= 11 is 0. The predicted molar refractivity (Wildman–Crippen MR) is 34.7 cm³/mol. The maximum Gasteiger partial charge on any atom is 0.115 e. The molecule has 1 rings (SSSR count). The number of aromatic nitrogens is 2. The average Bonchev–Trinajstić information content (AvgIpc) is 1.88. The molecule has 9 heavy (non-hydrogen) atoms. The van der Waals surface area contributed by atoms with Gasteiger partial charge in [-0.1, -0.05) is 0 Å². The molecule has 0 bridgehead atoms. The molecule has 0 aliphatic rings. The zero-order valence-electron chi connectivity index (χ0n) is 5.33. The van der Waals surface area contributed by atoms with Gasteiger partial charge in [0.1, 0.15) is 6.33 Å². The van der Waals surface area contributed by atoms with Crippen molar-refractivity contribution in [2.75, 3.05) is 0 Å². The van der Waals surface area contributed by atoms with Crippen molar-refractivity contribution in [1.82, 2.24) is 9.97 Å². The summed E-state index contributed by atoms with van der Waals surface area (Å²) in [7, 11) is 0. The second-order valence-electron chi connectivity index (χ2n) is 1.85. The molecule has 48 valence electrons. The van der Waals surface area contributed by atoms with E-state index in [0.717, 1.165) is 11.4 Å². The Bertz CT molecular complexity index is 197. The van der Waals surface area contributed by atoms with E-state index < -0.39 is 0 Å². The Kier molecular flexibility index (Phi) is 1.75. The van der Waals surface area contributed by atoms with E-state index in [4.69, 9.17) is 5.73 Å². The highest BCUT2D eigenvalue weighted by molar-refractivity contribution is 5.05. The first kappa shape index (κ1) is 6.16. The Morgan fingerprint density at radius 1 is 1.56 bits per heavy atom. The van der Waals surface area contributed by atoms with Crippen LogP contribution in [0.5, 0.6) is 0 Å². The minimum absolute atomic E-state index is 0.489. The maximum absolute atomic E-state index is 5.33. The number of hydrogen-bond acceptors (Lipinski definition) is 3. The van der Waals surface area contributed by atoms with E-state index in [-0.39, 0.29) is 0 Å². The van der Waals surface area contributed by atoms with Crippen LogP contribution in [0.1, 0.15) is 11.4 Å². The van der Waals surface area contributed by atoms with Crippen molar-refractivity contribution in [3.63, 3.8) is 0 Å². The Morgan fingerprint density at radius 2 is 2.33 bits per heavy atom. The van der Waals surface area contributed by atoms with Gasteiger partial charge in [-0.2, -0.15) is 0 Å². The second-order valence-corrected chi connectivity index (χ2v) is 1.85. The van der Waals surface area contributed by atoms with Crippen LogP contribution in [0.2, 0.25) is 0 Å². The lowest BCUT2D eigenvalue weighted by atomic mass is 10.3. The smallest absolute Gasteiger partial charge is 0.115 e. The van der Waals surface area contributed by atoms with Crippen molar-refractivity contribution in [1.29, 1.82) is 0 Å². The molecule has 0 aliphatic carbocycles. The van der Waals surface area contributed by atoms with Crippen LogP contribution in [0.25, 0.3) is 0 Å². The van der Waals surface area contributed by atoms with Crippen LogP contribution in [0.4, 0.5) is 0 Å². The third-order valence-corrected chi connectivity index (χ3v) is 1.07. The summed E-state index contributed by atoms with van der Waals surface area (Å²) in [6, 6.07) is 1.88. The van der Waals surface area contributed by atoms with Crippen molar-refractivity contribution < 1.29 is 0 Å². The molecule has 0 aliphatic heterocycles. The van der Waals surface area contributed by atoms with E-state index >= 15 is 0 Å². The summed E-state index contributed by atoms with van der Waals surface area (Å²) in [4.78, 5) is 7.84. The summed E-state index contributed by atoms with van der Waals surface area (Å²) in [6.07, 6.45) is 1.53. The fourth-order valence-corrected chi connectivity index (χ4v) is 0.621. The fraction of sp³-hybridized carbons (Fsp3) is 0.333. The van der Waals surface area contributed by atoms with Gasteiger partial charge in [-0.3, -0.25) is 0 Å². The van der Waals surface area contributed by atoms with Gasteiger partial charge < -0.3 is 5.73 Å². The van der Waals surface area contributed by atoms with Crippen molar-refractivity contribution in [3.8, 4) is 0 Å². The quantitative estimate of drug-likeness (QED) is 0.582. The molecule has 0 fully saturated rings. The van der Waals surface area contributed by atoms with Crippen molar-refractivity contribution in [2.45, 2.75) is 13.5 Å². The van der Waals surface area contributed by atoms with Gasteiger partial charge >= 0.3 is 0 Å². The Hall–Kier alpha value is -0.960. The maximum atomic E-state index is 5.33. The van der Waals surface area contributed by atoms with Gasteiger partial charge in [0.25, 0.3) is 0 Å². The van der Waals surface area contributed by atoms with Gasteiger partial charge in [0.05, 0.1) is 5.69 Å². The molecule has 2 N–H and O–H groups in total. The zero-order valence-corrected chi connectivity index (χ0v) is 5.33. The normalized spacial score (nSPS) is 9.56. The summed E-state index contributed by atoms with van der Waals surface area (Å²) < 4.78 is 0. The molecule has 0 spiro atoms. The number of hydrogen-bond donors (Lipinski definition) is 1. The Morgan fingerprint density at radius 3 is 2.78 bits per heavy atom. The van der Waals surface area contributed by atoms with Gasteiger partial charge in [0.2, 0.25) is 0 Å². The number of rotatable bonds is 1. The van der Waals surface area contributed by atoms with Crippen LogP contribution >= 0.6 is 0 Å². The zero-order chi connectivity index (χ0) is 6.69. The molecule has 3 nitrogen and oxygen atoms in total. The van der Waals surface area contributed by atoms with E-state index in [9.17, 15) is 0 Å². The molecular weight excluding hydrogens is 114 g/mol. The lowest BCUT2D eigenvalue weighted by Gasteiger charge is -1.93. The molecule has 0 saturated carbocycles. The molecule has 1 aromatic heterocycles. The first-order valence-electron chi connectivity index (χ1n) is 2.80. The van der Waals surface area contributed by atoms with Crippen LogP contribution < -0.4 is 5.73 Å². The molecule has 1 aromatic rings. The number of nitrogens with zero attached hydrogens (tertiary/aromatic N) is 2. The number of nitrogens with two attached hydrogens (primary N) is 1. The van der Waals surface area contributed by atoms with Gasteiger partial charge in [0, 0.05) is 12.2 Å². The van der Waals surface area contributed by atoms with Gasteiger partial charge in [0.15, 0.2) is 0 Å². The molecule has 0 amide bonds. The molecule has 0 atom stereocenters. The van der Waals surface area contributed by atoms with Crippen LogP contribution in [-0.2, 0) is 6.54 Å². The third kappa shape index (κ3) is 1.47. The van der Waals surface area contributed by atoms with Crippen LogP contribution in [0.3, 0.4) is 0 Å². The van der Waals surface area contributed by atoms with Crippen LogP contribution in [0, 0.1) is 6.92 Å². The Balaban J connectivity index is 2.94. The summed E-state index contributed by atoms with van der Waals surface area (Å²) in [6.45, 7) is 2.41. The standard InChI is InChI=1S/C6H9N3/c1-5-2-6(3-7)9-4-8-5/h2,4H,3,7H2,1H3.